The van der Waals surface area contributed by atoms with Crippen molar-refractivity contribution in [1.82, 2.24) is 4.90 Å². The first kappa shape index (κ1) is 16.1. The molecule has 0 amide bonds. The molecule has 0 bridgehead atoms. The van der Waals surface area contributed by atoms with E-state index in [9.17, 15) is 9.50 Å². The van der Waals surface area contributed by atoms with Crippen molar-refractivity contribution in [3.05, 3.63) is 48.3 Å². The summed E-state index contributed by atoms with van der Waals surface area (Å²) in [6, 6.07) is 6.48. The van der Waals surface area contributed by atoms with Gasteiger partial charge in [-0.05, 0) is 37.5 Å². The summed E-state index contributed by atoms with van der Waals surface area (Å²) in [7, 11) is 0. The summed E-state index contributed by atoms with van der Waals surface area (Å²) in [5.74, 6) is -0.234. The first-order valence-electron chi connectivity index (χ1n) is 7.43. The zero-order chi connectivity index (χ0) is 15.3. The smallest absolute Gasteiger partial charge is 0.123 e. The molecule has 0 aliphatic carbocycles. The van der Waals surface area contributed by atoms with Gasteiger partial charge in [0, 0.05) is 26.2 Å². The van der Waals surface area contributed by atoms with Crippen molar-refractivity contribution in [2.45, 2.75) is 38.0 Å². The predicted molar refractivity (Wildman–Crippen MR) is 81.5 cm³/mol. The fraction of sp³-hybridized carbons (Fsp3) is 0.529. The Morgan fingerprint density at radius 1 is 1.48 bits per heavy atom. The summed E-state index contributed by atoms with van der Waals surface area (Å²) >= 11 is 0. The summed E-state index contributed by atoms with van der Waals surface area (Å²) < 4.78 is 18.7. The summed E-state index contributed by atoms with van der Waals surface area (Å²) in [5, 5.41) is 10.2. The average molecular weight is 293 g/mol. The maximum Gasteiger partial charge on any atom is 0.123 e. The maximum absolute atomic E-state index is 13.0. The lowest BCUT2D eigenvalue weighted by Crippen LogP contribution is -2.42. The number of benzene rings is 1. The van der Waals surface area contributed by atoms with Gasteiger partial charge in [-0.15, -0.1) is 6.58 Å². The Labute approximate surface area is 126 Å². The minimum absolute atomic E-state index is 0.214. The van der Waals surface area contributed by atoms with Crippen LogP contribution in [0.25, 0.3) is 0 Å². The minimum atomic E-state index is -0.946. The van der Waals surface area contributed by atoms with Gasteiger partial charge in [0.05, 0.1) is 11.7 Å². The largest absolute Gasteiger partial charge is 0.385 e. The van der Waals surface area contributed by atoms with Gasteiger partial charge in [0.25, 0.3) is 0 Å². The molecule has 0 saturated carbocycles. The molecule has 0 spiro atoms. The SMILES string of the molecule is C=C[C@@](C)(O)CN(Cc1ccc(F)cc1)C[C@@H]1CCCO1. The standard InChI is InChI=1S/C17H24FNO2/c1-3-17(2,20)13-19(12-16-5-4-10-21-16)11-14-6-8-15(18)9-7-14/h3,6-9,16,20H,1,4-5,10-13H2,2H3/t16-,17+/m0/s1. The van der Waals surface area contributed by atoms with Crippen LogP contribution in [0.4, 0.5) is 4.39 Å². The Morgan fingerprint density at radius 3 is 2.76 bits per heavy atom. The number of halogens is 1. The van der Waals surface area contributed by atoms with E-state index < -0.39 is 5.60 Å². The van der Waals surface area contributed by atoms with Crippen LogP contribution in [-0.2, 0) is 11.3 Å². The fourth-order valence-corrected chi connectivity index (χ4v) is 2.63. The number of hydrogen-bond acceptors (Lipinski definition) is 3. The lowest BCUT2D eigenvalue weighted by molar-refractivity contribution is 0.0242. The summed E-state index contributed by atoms with van der Waals surface area (Å²) in [6.07, 6.45) is 3.91. The highest BCUT2D eigenvalue weighted by Gasteiger charge is 2.25. The van der Waals surface area contributed by atoms with E-state index in [4.69, 9.17) is 4.74 Å². The third-order valence-electron chi connectivity index (χ3n) is 3.79. The third kappa shape index (κ3) is 5.23. The molecule has 1 aliphatic rings. The lowest BCUT2D eigenvalue weighted by atomic mass is 10.1. The molecule has 0 unspecified atom stereocenters. The van der Waals surface area contributed by atoms with Crippen LogP contribution in [0.15, 0.2) is 36.9 Å². The van der Waals surface area contributed by atoms with Gasteiger partial charge in [0.2, 0.25) is 0 Å². The molecule has 0 radical (unpaired) electrons. The third-order valence-corrected chi connectivity index (χ3v) is 3.79. The van der Waals surface area contributed by atoms with Crippen molar-refractivity contribution in [3.63, 3.8) is 0 Å². The monoisotopic (exact) mass is 293 g/mol. The van der Waals surface area contributed by atoms with Gasteiger partial charge >= 0.3 is 0 Å². The van der Waals surface area contributed by atoms with Crippen LogP contribution >= 0.6 is 0 Å². The molecule has 4 heteroatoms. The van der Waals surface area contributed by atoms with Crippen LogP contribution in [0.5, 0.6) is 0 Å². The number of rotatable bonds is 7. The normalized spacial score (nSPS) is 21.4. The van der Waals surface area contributed by atoms with Gasteiger partial charge in [-0.1, -0.05) is 18.2 Å². The summed E-state index contributed by atoms with van der Waals surface area (Å²) in [5.41, 5.74) is 0.0767. The first-order valence-corrected chi connectivity index (χ1v) is 7.43. The molecule has 21 heavy (non-hydrogen) atoms. The first-order chi connectivity index (χ1) is 9.98. The predicted octanol–water partition coefficient (Wildman–Crippen LogP) is 2.74. The zero-order valence-corrected chi connectivity index (χ0v) is 12.6. The fourth-order valence-electron chi connectivity index (χ4n) is 2.63. The van der Waals surface area contributed by atoms with Crippen LogP contribution in [0, 0.1) is 5.82 Å². The van der Waals surface area contributed by atoms with Crippen molar-refractivity contribution >= 4 is 0 Å². The van der Waals surface area contributed by atoms with Crippen LogP contribution in [0.3, 0.4) is 0 Å². The van der Waals surface area contributed by atoms with Crippen molar-refractivity contribution in [3.8, 4) is 0 Å². The summed E-state index contributed by atoms with van der Waals surface area (Å²) in [4.78, 5) is 2.14. The highest BCUT2D eigenvalue weighted by atomic mass is 19.1. The van der Waals surface area contributed by atoms with E-state index in [0.717, 1.165) is 31.6 Å². The number of hydrogen-bond donors (Lipinski definition) is 1. The van der Waals surface area contributed by atoms with E-state index in [1.165, 1.54) is 12.1 Å². The Balaban J connectivity index is 2.02. The highest BCUT2D eigenvalue weighted by molar-refractivity contribution is 5.16. The molecule has 1 aliphatic heterocycles. The van der Waals surface area contributed by atoms with E-state index >= 15 is 0 Å². The molecule has 3 nitrogen and oxygen atoms in total. The van der Waals surface area contributed by atoms with Gasteiger partial charge in [-0.25, -0.2) is 4.39 Å². The molecule has 116 valence electrons. The second-order valence-electron chi connectivity index (χ2n) is 5.99. The van der Waals surface area contributed by atoms with Crippen molar-refractivity contribution in [2.75, 3.05) is 19.7 Å². The Morgan fingerprint density at radius 2 is 2.19 bits per heavy atom. The van der Waals surface area contributed by atoms with Crippen molar-refractivity contribution in [1.29, 1.82) is 0 Å². The van der Waals surface area contributed by atoms with Crippen LogP contribution in [0.1, 0.15) is 25.3 Å². The highest BCUT2D eigenvalue weighted by Crippen LogP contribution is 2.18. The Kier molecular flexibility index (Phi) is 5.51. The molecule has 2 atom stereocenters. The van der Waals surface area contributed by atoms with Gasteiger partial charge in [-0.3, -0.25) is 4.90 Å². The van der Waals surface area contributed by atoms with Gasteiger partial charge in [0.15, 0.2) is 0 Å². The summed E-state index contributed by atoms with van der Waals surface area (Å²) in [6.45, 7) is 8.14. The van der Waals surface area contributed by atoms with Crippen molar-refractivity contribution < 1.29 is 14.2 Å². The minimum Gasteiger partial charge on any atom is -0.385 e. The number of aliphatic hydroxyl groups is 1. The van der Waals surface area contributed by atoms with Gasteiger partial charge in [-0.2, -0.15) is 0 Å². The number of ether oxygens (including phenoxy) is 1. The maximum atomic E-state index is 13.0. The molecule has 1 heterocycles. The van der Waals surface area contributed by atoms with Crippen LogP contribution < -0.4 is 0 Å². The van der Waals surface area contributed by atoms with E-state index in [0.29, 0.717) is 13.1 Å². The van der Waals surface area contributed by atoms with E-state index in [1.807, 2.05) is 0 Å². The van der Waals surface area contributed by atoms with E-state index in [1.54, 1.807) is 25.1 Å². The molecule has 1 N–H and O–H groups in total. The molecule has 2 rings (SSSR count). The molecule has 1 aromatic rings. The second kappa shape index (κ2) is 7.16. The van der Waals surface area contributed by atoms with Gasteiger partial charge in [0.1, 0.15) is 5.82 Å². The van der Waals surface area contributed by atoms with Crippen LogP contribution in [-0.4, -0.2) is 41.4 Å². The van der Waals surface area contributed by atoms with Crippen LogP contribution in [0.2, 0.25) is 0 Å². The molecule has 0 aromatic heterocycles. The average Bonchev–Trinajstić information content (AvgIpc) is 2.94. The molecule has 1 aromatic carbocycles. The quantitative estimate of drug-likeness (QED) is 0.785. The second-order valence-corrected chi connectivity index (χ2v) is 5.99. The number of nitrogens with zero attached hydrogens (tertiary/aromatic N) is 1. The van der Waals surface area contributed by atoms with E-state index in [-0.39, 0.29) is 11.9 Å². The Hall–Kier alpha value is -1.23. The molecule has 1 fully saturated rings. The molecular formula is C17H24FNO2. The van der Waals surface area contributed by atoms with Gasteiger partial charge < -0.3 is 9.84 Å². The topological polar surface area (TPSA) is 32.7 Å². The van der Waals surface area contributed by atoms with E-state index in [2.05, 4.69) is 11.5 Å². The molecular weight excluding hydrogens is 269 g/mol. The zero-order valence-electron chi connectivity index (χ0n) is 12.6. The molecule has 1 saturated heterocycles. The Bertz CT molecular complexity index is 452. The lowest BCUT2D eigenvalue weighted by Gasteiger charge is -2.31. The van der Waals surface area contributed by atoms with Crippen molar-refractivity contribution in [2.24, 2.45) is 0 Å².